The Balaban J connectivity index is 1.52. The van der Waals surface area contributed by atoms with E-state index in [1.807, 2.05) is 12.1 Å². The molecule has 0 radical (unpaired) electrons. The van der Waals surface area contributed by atoms with Crippen molar-refractivity contribution in [2.24, 2.45) is 0 Å². The normalized spacial score (nSPS) is 28.0. The average Bonchev–Trinajstić information content (AvgIpc) is 3.14. The van der Waals surface area contributed by atoms with Gasteiger partial charge in [0, 0.05) is 31.7 Å². The highest BCUT2D eigenvalue weighted by Crippen LogP contribution is 2.29. The van der Waals surface area contributed by atoms with Gasteiger partial charge in [-0.05, 0) is 50.8 Å². The van der Waals surface area contributed by atoms with Crippen LogP contribution in [0.4, 0.5) is 5.82 Å². The molecular weight excluding hydrogens is 278 g/mol. The first-order valence-corrected chi connectivity index (χ1v) is 8.45. The SMILES string of the molecule is O=C(c1ccc(N2CCCC2)nn1)N1C2CCNCC1CC2. The Morgan fingerprint density at radius 3 is 2.68 bits per heavy atom. The lowest BCUT2D eigenvalue weighted by molar-refractivity contribution is 0.0673. The van der Waals surface area contributed by atoms with Crippen molar-refractivity contribution in [3.8, 4) is 0 Å². The molecule has 4 rings (SSSR count). The lowest BCUT2D eigenvalue weighted by Gasteiger charge is -2.27. The van der Waals surface area contributed by atoms with Gasteiger partial charge in [0.25, 0.3) is 5.91 Å². The van der Waals surface area contributed by atoms with Crippen LogP contribution < -0.4 is 10.2 Å². The van der Waals surface area contributed by atoms with E-state index in [4.69, 9.17) is 0 Å². The predicted molar refractivity (Wildman–Crippen MR) is 83.9 cm³/mol. The van der Waals surface area contributed by atoms with Crippen molar-refractivity contribution in [1.82, 2.24) is 20.4 Å². The van der Waals surface area contributed by atoms with E-state index < -0.39 is 0 Å². The summed E-state index contributed by atoms with van der Waals surface area (Å²) in [5.41, 5.74) is 0.488. The summed E-state index contributed by atoms with van der Waals surface area (Å²) < 4.78 is 0. The molecule has 3 aliphatic rings. The summed E-state index contributed by atoms with van der Waals surface area (Å²) >= 11 is 0. The number of carbonyl (C=O) groups is 1. The van der Waals surface area contributed by atoms with Gasteiger partial charge in [-0.15, -0.1) is 10.2 Å². The second kappa shape index (κ2) is 5.83. The third kappa shape index (κ3) is 2.45. The van der Waals surface area contributed by atoms with E-state index in [9.17, 15) is 4.79 Å². The van der Waals surface area contributed by atoms with Gasteiger partial charge in [0.1, 0.15) is 0 Å². The number of hydrogen-bond donors (Lipinski definition) is 1. The monoisotopic (exact) mass is 301 g/mol. The standard InChI is InChI=1S/C16H23N5O/c22-16(21-12-3-4-13(21)11-17-8-7-12)14-5-6-15(19-18-14)20-9-1-2-10-20/h5-6,12-13,17H,1-4,7-11H2. The Morgan fingerprint density at radius 2 is 1.91 bits per heavy atom. The van der Waals surface area contributed by atoms with Crippen LogP contribution in [0.3, 0.4) is 0 Å². The average molecular weight is 301 g/mol. The van der Waals surface area contributed by atoms with Gasteiger partial charge in [-0.25, -0.2) is 0 Å². The lowest BCUT2D eigenvalue weighted by Crippen LogP contribution is -2.42. The summed E-state index contributed by atoms with van der Waals surface area (Å²) in [5, 5.41) is 11.9. The van der Waals surface area contributed by atoms with E-state index in [1.165, 1.54) is 12.8 Å². The summed E-state index contributed by atoms with van der Waals surface area (Å²) in [5.74, 6) is 0.950. The van der Waals surface area contributed by atoms with Crippen molar-refractivity contribution in [3.63, 3.8) is 0 Å². The molecule has 1 amide bonds. The fourth-order valence-corrected chi connectivity index (χ4v) is 4.00. The van der Waals surface area contributed by atoms with Crippen LogP contribution in [0.1, 0.15) is 42.6 Å². The molecule has 3 aliphatic heterocycles. The van der Waals surface area contributed by atoms with Gasteiger partial charge in [-0.3, -0.25) is 4.79 Å². The minimum atomic E-state index is 0.0525. The number of rotatable bonds is 2. The number of hydrogen-bond acceptors (Lipinski definition) is 5. The number of carbonyl (C=O) groups excluding carboxylic acids is 1. The van der Waals surface area contributed by atoms with E-state index in [-0.39, 0.29) is 5.91 Å². The maximum atomic E-state index is 12.8. The van der Waals surface area contributed by atoms with E-state index in [0.29, 0.717) is 17.8 Å². The van der Waals surface area contributed by atoms with Gasteiger partial charge >= 0.3 is 0 Å². The lowest BCUT2D eigenvalue weighted by atomic mass is 10.1. The van der Waals surface area contributed by atoms with Crippen molar-refractivity contribution < 1.29 is 4.79 Å². The maximum absolute atomic E-state index is 12.8. The molecule has 0 spiro atoms. The zero-order valence-electron chi connectivity index (χ0n) is 12.9. The number of nitrogens with one attached hydrogen (secondary N) is 1. The van der Waals surface area contributed by atoms with Gasteiger partial charge in [-0.2, -0.15) is 0 Å². The fourth-order valence-electron chi connectivity index (χ4n) is 4.00. The number of fused-ring (bicyclic) bond motifs is 2. The topological polar surface area (TPSA) is 61.4 Å². The fraction of sp³-hybridized carbons (Fsp3) is 0.688. The molecule has 1 aromatic heterocycles. The first kappa shape index (κ1) is 13.9. The molecule has 3 saturated heterocycles. The van der Waals surface area contributed by atoms with Crippen LogP contribution in [0.5, 0.6) is 0 Å². The van der Waals surface area contributed by atoms with Gasteiger partial charge in [0.15, 0.2) is 11.5 Å². The largest absolute Gasteiger partial charge is 0.355 e. The molecule has 2 atom stereocenters. The third-order valence-electron chi connectivity index (χ3n) is 5.19. The first-order chi connectivity index (χ1) is 10.8. The van der Waals surface area contributed by atoms with Crippen molar-refractivity contribution in [1.29, 1.82) is 0 Å². The Morgan fingerprint density at radius 1 is 1.09 bits per heavy atom. The van der Waals surface area contributed by atoms with Crippen LogP contribution in [-0.2, 0) is 0 Å². The molecule has 4 heterocycles. The second-order valence-corrected chi connectivity index (χ2v) is 6.56. The molecule has 1 aromatic rings. The zero-order chi connectivity index (χ0) is 14.9. The van der Waals surface area contributed by atoms with Crippen LogP contribution in [0, 0.1) is 0 Å². The summed E-state index contributed by atoms with van der Waals surface area (Å²) in [6.45, 7) is 4.00. The molecule has 3 fully saturated rings. The Bertz CT molecular complexity index is 526. The van der Waals surface area contributed by atoms with Crippen molar-refractivity contribution >= 4 is 11.7 Å². The van der Waals surface area contributed by atoms with Crippen LogP contribution in [0.25, 0.3) is 0 Å². The summed E-state index contributed by atoms with van der Waals surface area (Å²) in [4.78, 5) is 17.1. The van der Waals surface area contributed by atoms with Gasteiger partial charge < -0.3 is 15.1 Å². The number of anilines is 1. The van der Waals surface area contributed by atoms with Gasteiger partial charge in [0.05, 0.1) is 0 Å². The Hall–Kier alpha value is -1.69. The number of nitrogens with zero attached hydrogens (tertiary/aromatic N) is 4. The molecule has 0 saturated carbocycles. The molecule has 6 heteroatoms. The highest BCUT2D eigenvalue weighted by atomic mass is 16.2. The summed E-state index contributed by atoms with van der Waals surface area (Å²) in [6, 6.07) is 4.48. The minimum absolute atomic E-state index is 0.0525. The van der Waals surface area contributed by atoms with Gasteiger partial charge in [0.2, 0.25) is 0 Å². The highest BCUT2D eigenvalue weighted by molar-refractivity contribution is 5.93. The molecular formula is C16H23N5O. The van der Waals surface area contributed by atoms with E-state index in [2.05, 4.69) is 25.3 Å². The van der Waals surface area contributed by atoms with Crippen LogP contribution in [0.2, 0.25) is 0 Å². The molecule has 1 N–H and O–H groups in total. The third-order valence-corrected chi connectivity index (χ3v) is 5.19. The van der Waals surface area contributed by atoms with Gasteiger partial charge in [-0.1, -0.05) is 0 Å². The van der Waals surface area contributed by atoms with Crippen LogP contribution in [-0.4, -0.2) is 59.3 Å². The Labute approximate surface area is 130 Å². The van der Waals surface area contributed by atoms with E-state index >= 15 is 0 Å². The molecule has 6 nitrogen and oxygen atoms in total. The van der Waals surface area contributed by atoms with Crippen LogP contribution in [0.15, 0.2) is 12.1 Å². The van der Waals surface area contributed by atoms with Crippen molar-refractivity contribution in [3.05, 3.63) is 17.8 Å². The smallest absolute Gasteiger partial charge is 0.274 e. The quantitative estimate of drug-likeness (QED) is 0.884. The first-order valence-electron chi connectivity index (χ1n) is 8.45. The number of amides is 1. The molecule has 0 aliphatic carbocycles. The highest BCUT2D eigenvalue weighted by Gasteiger charge is 2.38. The second-order valence-electron chi connectivity index (χ2n) is 6.56. The summed E-state index contributed by atoms with van der Waals surface area (Å²) in [7, 11) is 0. The Kier molecular flexibility index (Phi) is 3.70. The maximum Gasteiger partial charge on any atom is 0.274 e. The molecule has 22 heavy (non-hydrogen) atoms. The van der Waals surface area contributed by atoms with Crippen molar-refractivity contribution in [2.75, 3.05) is 31.1 Å². The van der Waals surface area contributed by atoms with E-state index in [0.717, 1.165) is 51.3 Å². The summed E-state index contributed by atoms with van der Waals surface area (Å²) in [6.07, 6.45) is 5.70. The minimum Gasteiger partial charge on any atom is -0.355 e. The zero-order valence-corrected chi connectivity index (χ0v) is 12.9. The molecule has 2 unspecified atom stereocenters. The predicted octanol–water partition coefficient (Wildman–Crippen LogP) is 1.04. The van der Waals surface area contributed by atoms with Crippen LogP contribution >= 0.6 is 0 Å². The number of aromatic nitrogens is 2. The molecule has 0 aromatic carbocycles. The van der Waals surface area contributed by atoms with Crippen molar-refractivity contribution in [2.45, 2.75) is 44.2 Å². The molecule has 118 valence electrons. The molecule has 2 bridgehead atoms. The van der Waals surface area contributed by atoms with E-state index in [1.54, 1.807) is 0 Å².